The number of nitrogens with zero attached hydrogens (tertiary/aromatic N) is 4. The van der Waals surface area contributed by atoms with Crippen molar-refractivity contribution in [2.45, 2.75) is 37.8 Å². The van der Waals surface area contributed by atoms with Crippen LogP contribution < -0.4 is 10.1 Å². The Bertz CT molecular complexity index is 1560. The van der Waals surface area contributed by atoms with E-state index >= 15 is 0 Å². The van der Waals surface area contributed by atoms with Gasteiger partial charge in [-0.2, -0.15) is 0 Å². The molecule has 6 rings (SSSR count). The van der Waals surface area contributed by atoms with Crippen LogP contribution >= 0.6 is 11.3 Å². The highest BCUT2D eigenvalue weighted by Gasteiger charge is 2.42. The van der Waals surface area contributed by atoms with E-state index in [1.165, 1.54) is 23.3 Å². The van der Waals surface area contributed by atoms with Crippen molar-refractivity contribution in [2.24, 2.45) is 0 Å². The van der Waals surface area contributed by atoms with Crippen molar-refractivity contribution in [2.75, 3.05) is 33.2 Å². The van der Waals surface area contributed by atoms with E-state index in [1.54, 1.807) is 45.8 Å². The number of amides is 5. The summed E-state index contributed by atoms with van der Waals surface area (Å²) >= 11 is 1.30. The maximum absolute atomic E-state index is 13.5. The van der Waals surface area contributed by atoms with Crippen molar-refractivity contribution in [3.05, 3.63) is 81.3 Å². The first kappa shape index (κ1) is 28.5. The number of ether oxygens (including phenoxy) is 1. The van der Waals surface area contributed by atoms with Gasteiger partial charge in [0, 0.05) is 45.0 Å². The number of carbonyl (C=O) groups is 5. The second-order valence-electron chi connectivity index (χ2n) is 10.8. The van der Waals surface area contributed by atoms with Gasteiger partial charge in [-0.15, -0.1) is 11.3 Å². The van der Waals surface area contributed by atoms with Crippen LogP contribution in [0.25, 0.3) is 0 Å². The van der Waals surface area contributed by atoms with Gasteiger partial charge in [-0.1, -0.05) is 24.3 Å². The molecular weight excluding hydrogens is 570 g/mol. The monoisotopic (exact) mass is 601 g/mol. The fraction of sp³-hybridized carbons (Fsp3) is 0.355. The van der Waals surface area contributed by atoms with Crippen LogP contribution in [0, 0.1) is 0 Å². The molecule has 2 atom stereocenters. The second-order valence-corrected chi connectivity index (χ2v) is 11.7. The van der Waals surface area contributed by atoms with Gasteiger partial charge in [0.25, 0.3) is 17.7 Å². The summed E-state index contributed by atoms with van der Waals surface area (Å²) in [6, 6.07) is 11.7. The molecule has 0 radical (unpaired) electrons. The molecule has 1 fully saturated rings. The number of fused-ring (bicyclic) bond motifs is 2. The van der Waals surface area contributed by atoms with Crippen LogP contribution in [-0.2, 0) is 16.0 Å². The van der Waals surface area contributed by atoms with Gasteiger partial charge < -0.3 is 19.9 Å². The Morgan fingerprint density at radius 3 is 2.49 bits per heavy atom. The number of hydrogen-bond donors (Lipinski definition) is 1. The number of carbonyl (C=O) groups excluding carboxylic acids is 5. The van der Waals surface area contributed by atoms with Crippen LogP contribution in [0.3, 0.4) is 0 Å². The number of imide groups is 1. The Balaban J connectivity index is 1.29. The Labute approximate surface area is 252 Å². The fourth-order valence-electron chi connectivity index (χ4n) is 6.06. The maximum atomic E-state index is 13.5. The van der Waals surface area contributed by atoms with E-state index < -0.39 is 17.9 Å². The minimum absolute atomic E-state index is 0.00603. The van der Waals surface area contributed by atoms with E-state index in [4.69, 9.17) is 4.74 Å². The summed E-state index contributed by atoms with van der Waals surface area (Å²) in [4.78, 5) is 74.3. The first-order chi connectivity index (χ1) is 20.9. The van der Waals surface area contributed by atoms with Gasteiger partial charge in [-0.05, 0) is 30.2 Å². The number of aromatic nitrogens is 1. The Morgan fingerprint density at radius 2 is 1.79 bits per heavy atom. The Morgan fingerprint density at radius 1 is 1.02 bits per heavy atom. The van der Waals surface area contributed by atoms with Crippen molar-refractivity contribution >= 4 is 40.9 Å². The molecule has 11 nitrogen and oxygen atoms in total. The highest BCUT2D eigenvalue weighted by molar-refractivity contribution is 7.11. The highest BCUT2D eigenvalue weighted by atomic mass is 32.1. The zero-order chi connectivity index (χ0) is 30.1. The molecule has 43 heavy (non-hydrogen) atoms. The quantitative estimate of drug-likeness (QED) is 0.393. The predicted octanol–water partition coefficient (Wildman–Crippen LogP) is 2.68. The van der Waals surface area contributed by atoms with E-state index in [1.807, 2.05) is 18.2 Å². The molecule has 4 heterocycles. The van der Waals surface area contributed by atoms with Crippen LogP contribution in [0.2, 0.25) is 0 Å². The van der Waals surface area contributed by atoms with Crippen LogP contribution in [0.15, 0.2) is 54.2 Å². The van der Waals surface area contributed by atoms with Gasteiger partial charge in [-0.3, -0.25) is 33.9 Å². The van der Waals surface area contributed by atoms with Gasteiger partial charge >= 0.3 is 0 Å². The van der Waals surface area contributed by atoms with Crippen LogP contribution in [0.5, 0.6) is 5.75 Å². The first-order valence-corrected chi connectivity index (χ1v) is 15.1. The molecule has 0 aliphatic carbocycles. The third kappa shape index (κ3) is 5.50. The van der Waals surface area contributed by atoms with Crippen LogP contribution in [0.1, 0.15) is 66.8 Å². The average Bonchev–Trinajstić information content (AvgIpc) is 3.78. The van der Waals surface area contributed by atoms with Crippen LogP contribution in [-0.4, -0.2) is 88.6 Å². The average molecular weight is 602 g/mol. The molecule has 1 N–H and O–H groups in total. The number of likely N-dealkylation sites (tertiary alicyclic amines) is 1. The number of benzene rings is 2. The molecule has 1 saturated heterocycles. The van der Waals surface area contributed by atoms with Crippen molar-refractivity contribution in [3.63, 3.8) is 0 Å². The molecule has 0 spiro atoms. The molecule has 3 aromatic rings. The lowest BCUT2D eigenvalue weighted by molar-refractivity contribution is -0.136. The molecule has 3 aliphatic heterocycles. The number of nitrogens with one attached hydrogen (secondary N) is 1. The zero-order valence-electron chi connectivity index (χ0n) is 23.7. The lowest BCUT2D eigenvalue weighted by atomic mass is 9.90. The van der Waals surface area contributed by atoms with E-state index in [0.717, 1.165) is 11.1 Å². The molecule has 1 unspecified atom stereocenters. The Kier molecular flexibility index (Phi) is 7.94. The largest absolute Gasteiger partial charge is 0.488 e. The van der Waals surface area contributed by atoms with E-state index in [9.17, 15) is 24.0 Å². The molecular formula is C31H31N5O6S. The van der Waals surface area contributed by atoms with Gasteiger partial charge in [0.2, 0.25) is 11.8 Å². The molecule has 5 amide bonds. The number of hydrogen-bond acceptors (Lipinski definition) is 8. The molecule has 1 aromatic heterocycles. The minimum Gasteiger partial charge on any atom is -0.488 e. The zero-order valence-corrected chi connectivity index (χ0v) is 24.5. The predicted molar refractivity (Wildman–Crippen MR) is 157 cm³/mol. The van der Waals surface area contributed by atoms with Gasteiger partial charge in [0.05, 0.1) is 42.0 Å². The van der Waals surface area contributed by atoms with Crippen molar-refractivity contribution < 1.29 is 28.7 Å². The maximum Gasteiger partial charge on any atom is 0.265 e. The first-order valence-electron chi connectivity index (χ1n) is 14.3. The number of thiazole rings is 1. The summed E-state index contributed by atoms with van der Waals surface area (Å²) in [6.07, 6.45) is 2.50. The topological polar surface area (TPSA) is 129 Å². The fourth-order valence-corrected chi connectivity index (χ4v) is 6.65. The third-order valence-electron chi connectivity index (χ3n) is 8.26. The summed E-state index contributed by atoms with van der Waals surface area (Å²) < 4.78 is 6.53. The summed E-state index contributed by atoms with van der Waals surface area (Å²) in [5, 5.41) is 2.54. The summed E-state index contributed by atoms with van der Waals surface area (Å²) in [7, 11) is 1.52. The molecule has 0 bridgehead atoms. The van der Waals surface area contributed by atoms with Gasteiger partial charge in [0.15, 0.2) is 0 Å². The minimum atomic E-state index is -0.671. The van der Waals surface area contributed by atoms with Crippen molar-refractivity contribution in [1.29, 1.82) is 0 Å². The second kappa shape index (κ2) is 12.0. The SMILES string of the molecule is CNC(=O)CCC(=O)N1CCc2cccc(OC3CCN(C(=O)c4cncs4)C3)c2[C@H]1CN1C(=O)c2ccccc2C1=O. The summed E-state index contributed by atoms with van der Waals surface area (Å²) in [6.45, 7) is 1.26. The number of rotatable bonds is 8. The molecule has 12 heteroatoms. The highest BCUT2D eigenvalue weighted by Crippen LogP contribution is 2.40. The lowest BCUT2D eigenvalue weighted by Crippen LogP contribution is -2.47. The Hall–Kier alpha value is -4.58. The molecule has 0 saturated carbocycles. The standard InChI is InChI=1S/C31H31N5O6S/c1-32-26(37)9-10-27(38)35-14-11-19-5-4-8-24(42-20-12-13-34(16-20)31(41)25-15-33-18-43-25)28(19)23(35)17-36-29(39)21-6-2-3-7-22(21)30(36)40/h2-8,15,18,20,23H,9-14,16-17H2,1H3,(H,32,37)/t20?,23-/m1/s1. The van der Waals surface area contributed by atoms with E-state index in [-0.39, 0.29) is 43.2 Å². The van der Waals surface area contributed by atoms with Gasteiger partial charge in [-0.25, -0.2) is 0 Å². The lowest BCUT2D eigenvalue weighted by Gasteiger charge is -2.40. The normalized spacial score (nSPS) is 19.3. The molecule has 222 valence electrons. The van der Waals surface area contributed by atoms with E-state index in [2.05, 4.69) is 10.3 Å². The van der Waals surface area contributed by atoms with Crippen LogP contribution in [0.4, 0.5) is 0 Å². The van der Waals surface area contributed by atoms with Gasteiger partial charge in [0.1, 0.15) is 16.7 Å². The molecule has 3 aliphatic rings. The summed E-state index contributed by atoms with van der Waals surface area (Å²) in [5.41, 5.74) is 4.00. The van der Waals surface area contributed by atoms with E-state index in [0.29, 0.717) is 54.2 Å². The smallest absolute Gasteiger partial charge is 0.265 e. The molecule has 2 aromatic carbocycles. The van der Waals surface area contributed by atoms with Crippen molar-refractivity contribution in [1.82, 2.24) is 25.0 Å². The third-order valence-corrected chi connectivity index (χ3v) is 9.02. The summed E-state index contributed by atoms with van der Waals surface area (Å²) in [5.74, 6) is -0.827. The van der Waals surface area contributed by atoms with Crippen molar-refractivity contribution in [3.8, 4) is 5.75 Å².